The van der Waals surface area contributed by atoms with Gasteiger partial charge in [-0.2, -0.15) is 0 Å². The number of hydrogen-bond donors (Lipinski definition) is 0. The zero-order chi connectivity index (χ0) is 19.8. The van der Waals surface area contributed by atoms with Crippen LogP contribution in [0.25, 0.3) is 5.57 Å². The van der Waals surface area contributed by atoms with Crippen molar-refractivity contribution < 1.29 is 14.3 Å². The van der Waals surface area contributed by atoms with Crippen molar-refractivity contribution in [3.8, 4) is 0 Å². The average molecular weight is 376 g/mol. The summed E-state index contributed by atoms with van der Waals surface area (Å²) in [5.74, 6) is -0.510. The Morgan fingerprint density at radius 1 is 0.857 bits per heavy atom. The molecule has 0 aliphatic carbocycles. The highest BCUT2D eigenvalue weighted by Crippen LogP contribution is 2.37. The number of carbonyl (C=O) groups excluding carboxylic acids is 2. The Kier molecular flexibility index (Phi) is 4.77. The van der Waals surface area contributed by atoms with E-state index in [4.69, 9.17) is 4.74 Å². The van der Waals surface area contributed by atoms with Gasteiger partial charge in [0.05, 0.1) is 24.5 Å². The second kappa shape index (κ2) is 7.24. The second-order valence-corrected chi connectivity index (χ2v) is 7.37. The van der Waals surface area contributed by atoms with Crippen molar-refractivity contribution >= 4 is 23.1 Å². The van der Waals surface area contributed by atoms with E-state index in [-0.39, 0.29) is 11.8 Å². The van der Waals surface area contributed by atoms with Crippen molar-refractivity contribution in [2.45, 2.75) is 20.8 Å². The summed E-state index contributed by atoms with van der Waals surface area (Å²) in [5, 5.41) is 0. The molecule has 0 unspecified atom stereocenters. The van der Waals surface area contributed by atoms with E-state index in [2.05, 4.69) is 0 Å². The molecule has 144 valence electrons. The number of aryl methyl sites for hydroxylation is 3. The first kappa shape index (κ1) is 18.4. The van der Waals surface area contributed by atoms with Gasteiger partial charge in [0.25, 0.3) is 11.8 Å². The van der Waals surface area contributed by atoms with E-state index in [1.54, 1.807) is 0 Å². The molecule has 0 saturated carbocycles. The van der Waals surface area contributed by atoms with E-state index in [0.717, 1.165) is 22.3 Å². The maximum absolute atomic E-state index is 13.5. The zero-order valence-electron chi connectivity index (χ0n) is 16.5. The summed E-state index contributed by atoms with van der Waals surface area (Å²) in [6.07, 6.45) is 0. The minimum atomic E-state index is -0.257. The number of hydrogen-bond acceptors (Lipinski definition) is 4. The van der Waals surface area contributed by atoms with Gasteiger partial charge in [0, 0.05) is 13.1 Å². The normalized spacial score (nSPS) is 17.7. The SMILES string of the molecule is Cc1ccc(C2=C(N3CCOCC3)C(=O)N(c3ccccc3C)C2=O)c(C)c1. The van der Waals surface area contributed by atoms with E-state index in [9.17, 15) is 9.59 Å². The molecule has 2 aromatic carbocycles. The summed E-state index contributed by atoms with van der Waals surface area (Å²) in [6.45, 7) is 8.23. The third-order valence-electron chi connectivity index (χ3n) is 5.39. The summed E-state index contributed by atoms with van der Waals surface area (Å²) in [6, 6.07) is 13.5. The molecule has 0 aromatic heterocycles. The lowest BCUT2D eigenvalue weighted by Crippen LogP contribution is -2.40. The number of nitrogens with zero attached hydrogens (tertiary/aromatic N) is 2. The van der Waals surface area contributed by atoms with Gasteiger partial charge in [0.2, 0.25) is 0 Å². The molecule has 0 N–H and O–H groups in total. The number of carbonyl (C=O) groups is 2. The number of ether oxygens (including phenoxy) is 1. The lowest BCUT2D eigenvalue weighted by atomic mass is 9.97. The van der Waals surface area contributed by atoms with Gasteiger partial charge in [-0.25, -0.2) is 4.90 Å². The summed E-state index contributed by atoms with van der Waals surface area (Å²) in [4.78, 5) is 30.4. The first-order valence-electron chi connectivity index (χ1n) is 9.58. The first-order chi connectivity index (χ1) is 13.5. The van der Waals surface area contributed by atoms with Gasteiger partial charge in [-0.05, 0) is 43.5 Å². The molecule has 2 aliphatic rings. The van der Waals surface area contributed by atoms with Crippen LogP contribution in [0.3, 0.4) is 0 Å². The van der Waals surface area contributed by atoms with E-state index in [1.807, 2.05) is 68.1 Å². The summed E-state index contributed by atoms with van der Waals surface area (Å²) < 4.78 is 5.46. The van der Waals surface area contributed by atoms with Crippen LogP contribution in [0.15, 0.2) is 48.2 Å². The number of benzene rings is 2. The maximum Gasteiger partial charge on any atom is 0.282 e. The molecule has 2 aromatic rings. The second-order valence-electron chi connectivity index (χ2n) is 7.37. The van der Waals surface area contributed by atoms with Gasteiger partial charge < -0.3 is 9.64 Å². The van der Waals surface area contributed by atoms with Crippen LogP contribution in [-0.2, 0) is 14.3 Å². The number of morpholine rings is 1. The Labute approximate surface area is 165 Å². The van der Waals surface area contributed by atoms with Crippen molar-refractivity contribution in [3.63, 3.8) is 0 Å². The van der Waals surface area contributed by atoms with Crippen LogP contribution in [0, 0.1) is 20.8 Å². The molecule has 0 radical (unpaired) electrons. The van der Waals surface area contributed by atoms with Gasteiger partial charge in [0.15, 0.2) is 0 Å². The molecule has 0 bridgehead atoms. The van der Waals surface area contributed by atoms with Crippen LogP contribution in [0.1, 0.15) is 22.3 Å². The Morgan fingerprint density at radius 3 is 2.25 bits per heavy atom. The first-order valence-corrected chi connectivity index (χ1v) is 9.58. The highest BCUT2D eigenvalue weighted by atomic mass is 16.5. The molecule has 0 atom stereocenters. The molecular formula is C23H24N2O3. The van der Waals surface area contributed by atoms with Crippen molar-refractivity contribution in [2.24, 2.45) is 0 Å². The van der Waals surface area contributed by atoms with Crippen LogP contribution in [0.4, 0.5) is 5.69 Å². The Bertz CT molecular complexity index is 987. The van der Waals surface area contributed by atoms with Crippen molar-refractivity contribution in [1.29, 1.82) is 0 Å². The minimum absolute atomic E-state index is 0.254. The minimum Gasteiger partial charge on any atom is -0.378 e. The largest absolute Gasteiger partial charge is 0.378 e. The van der Waals surface area contributed by atoms with Gasteiger partial charge in [-0.1, -0.05) is 42.0 Å². The molecular weight excluding hydrogens is 352 g/mol. The highest BCUT2D eigenvalue weighted by Gasteiger charge is 2.43. The summed E-state index contributed by atoms with van der Waals surface area (Å²) in [5.41, 5.74) is 5.46. The van der Waals surface area contributed by atoms with Crippen LogP contribution >= 0.6 is 0 Å². The highest BCUT2D eigenvalue weighted by molar-refractivity contribution is 6.45. The van der Waals surface area contributed by atoms with Crippen LogP contribution < -0.4 is 4.90 Å². The van der Waals surface area contributed by atoms with Crippen LogP contribution in [-0.4, -0.2) is 43.0 Å². The predicted octanol–water partition coefficient (Wildman–Crippen LogP) is 3.23. The quantitative estimate of drug-likeness (QED) is 0.772. The van der Waals surface area contributed by atoms with Crippen molar-refractivity contribution in [3.05, 3.63) is 70.4 Å². The third kappa shape index (κ3) is 3.02. The molecule has 2 heterocycles. The summed E-state index contributed by atoms with van der Waals surface area (Å²) in [7, 11) is 0. The Hall–Kier alpha value is -2.92. The predicted molar refractivity (Wildman–Crippen MR) is 109 cm³/mol. The van der Waals surface area contributed by atoms with E-state index in [0.29, 0.717) is 43.3 Å². The molecule has 0 spiro atoms. The molecule has 5 heteroatoms. The lowest BCUT2D eigenvalue weighted by molar-refractivity contribution is -0.121. The van der Waals surface area contributed by atoms with Gasteiger partial charge in [0.1, 0.15) is 5.70 Å². The number of para-hydroxylation sites is 1. The lowest BCUT2D eigenvalue weighted by Gasteiger charge is -2.30. The third-order valence-corrected chi connectivity index (χ3v) is 5.39. The van der Waals surface area contributed by atoms with Crippen molar-refractivity contribution in [1.82, 2.24) is 4.90 Å². The standard InChI is InChI=1S/C23H24N2O3/c1-15-8-9-18(17(3)14-15)20-21(24-10-12-28-13-11-24)23(27)25(22(20)26)19-7-5-4-6-16(19)2/h4-9,14H,10-13H2,1-3H3. The molecule has 1 fully saturated rings. The van der Waals surface area contributed by atoms with Crippen molar-refractivity contribution in [2.75, 3.05) is 31.2 Å². The van der Waals surface area contributed by atoms with Gasteiger partial charge in [-0.15, -0.1) is 0 Å². The van der Waals surface area contributed by atoms with Crippen LogP contribution in [0.5, 0.6) is 0 Å². The Morgan fingerprint density at radius 2 is 1.57 bits per heavy atom. The average Bonchev–Trinajstić information content (AvgIpc) is 2.93. The van der Waals surface area contributed by atoms with Gasteiger partial charge in [-0.3, -0.25) is 9.59 Å². The van der Waals surface area contributed by atoms with E-state index in [1.165, 1.54) is 4.90 Å². The number of rotatable bonds is 3. The molecule has 2 aliphatic heterocycles. The topological polar surface area (TPSA) is 49.9 Å². The molecule has 5 nitrogen and oxygen atoms in total. The smallest absolute Gasteiger partial charge is 0.282 e. The maximum atomic E-state index is 13.5. The number of imide groups is 1. The number of amides is 2. The zero-order valence-corrected chi connectivity index (χ0v) is 16.5. The number of anilines is 1. The fraction of sp³-hybridized carbons (Fsp3) is 0.304. The Balaban J connectivity index is 1.88. The van der Waals surface area contributed by atoms with E-state index >= 15 is 0 Å². The molecule has 1 saturated heterocycles. The fourth-order valence-electron chi connectivity index (χ4n) is 3.97. The van der Waals surface area contributed by atoms with Gasteiger partial charge >= 0.3 is 0 Å². The van der Waals surface area contributed by atoms with Crippen LogP contribution in [0.2, 0.25) is 0 Å². The fourth-order valence-corrected chi connectivity index (χ4v) is 3.97. The molecule has 4 rings (SSSR count). The molecule has 28 heavy (non-hydrogen) atoms. The monoisotopic (exact) mass is 376 g/mol. The molecule has 2 amide bonds. The van der Waals surface area contributed by atoms with E-state index < -0.39 is 0 Å². The summed E-state index contributed by atoms with van der Waals surface area (Å²) >= 11 is 0.